The largest absolute Gasteiger partial charge is 0.385 e. The Hall–Kier alpha value is -0.0600. The Kier molecular flexibility index (Phi) is 6.23. The van der Waals surface area contributed by atoms with E-state index in [1.165, 1.54) is 0 Å². The van der Waals surface area contributed by atoms with Crippen LogP contribution < -0.4 is 0 Å². The van der Waals surface area contributed by atoms with Crippen LogP contribution in [0.4, 0.5) is 0 Å². The molecule has 1 heterocycles. The van der Waals surface area contributed by atoms with E-state index in [2.05, 4.69) is 20.9 Å². The third kappa shape index (κ3) is 4.98. The van der Waals surface area contributed by atoms with E-state index in [0.717, 1.165) is 34.7 Å². The molecule has 14 heavy (non-hydrogen) atoms. The average Bonchev–Trinajstić information content (AvgIpc) is 2.21. The molecule has 0 aromatic carbocycles. The standard InChI is InChI=1S/C10H14BrNOS/c1-13-5-2-6-14-8-10-4-3-9(11)7-12-10/h3-4,7H,2,5-6,8H2,1H3. The smallest absolute Gasteiger partial charge is 0.0503 e. The molecule has 1 aromatic rings. The van der Waals surface area contributed by atoms with Crippen LogP contribution in [0.5, 0.6) is 0 Å². The summed E-state index contributed by atoms with van der Waals surface area (Å²) in [6.45, 7) is 0.848. The van der Waals surface area contributed by atoms with Crippen LogP contribution in [-0.2, 0) is 10.5 Å². The lowest BCUT2D eigenvalue weighted by Gasteiger charge is -2.01. The number of thioether (sulfide) groups is 1. The molecule has 2 nitrogen and oxygen atoms in total. The summed E-state index contributed by atoms with van der Waals surface area (Å²) in [6.07, 6.45) is 2.95. The second-order valence-corrected chi connectivity index (χ2v) is 4.89. The van der Waals surface area contributed by atoms with Crippen LogP contribution in [0.25, 0.3) is 0 Å². The molecule has 0 N–H and O–H groups in total. The van der Waals surface area contributed by atoms with E-state index in [0.29, 0.717) is 0 Å². The summed E-state index contributed by atoms with van der Waals surface area (Å²) in [4.78, 5) is 4.30. The van der Waals surface area contributed by atoms with Crippen LogP contribution >= 0.6 is 27.7 Å². The zero-order chi connectivity index (χ0) is 10.2. The number of rotatable bonds is 6. The molecule has 0 saturated heterocycles. The molecule has 4 heteroatoms. The molecule has 0 bridgehead atoms. The van der Waals surface area contributed by atoms with E-state index < -0.39 is 0 Å². The maximum atomic E-state index is 4.97. The van der Waals surface area contributed by atoms with Gasteiger partial charge in [-0.05, 0) is 40.2 Å². The van der Waals surface area contributed by atoms with E-state index in [4.69, 9.17) is 4.74 Å². The monoisotopic (exact) mass is 275 g/mol. The summed E-state index contributed by atoms with van der Waals surface area (Å²) in [6, 6.07) is 4.07. The molecular weight excluding hydrogens is 262 g/mol. The van der Waals surface area contributed by atoms with Gasteiger partial charge in [0, 0.05) is 30.1 Å². The Bertz CT molecular complexity index is 253. The first kappa shape index (κ1) is 12.0. The van der Waals surface area contributed by atoms with Gasteiger partial charge in [0.05, 0.1) is 5.69 Å². The topological polar surface area (TPSA) is 22.1 Å². The SMILES string of the molecule is COCCCSCc1ccc(Br)cn1. The van der Waals surface area contributed by atoms with Crippen molar-refractivity contribution in [3.8, 4) is 0 Å². The molecule has 0 fully saturated rings. The van der Waals surface area contributed by atoms with Crippen molar-refractivity contribution in [2.24, 2.45) is 0 Å². The van der Waals surface area contributed by atoms with Crippen molar-refractivity contribution in [3.05, 3.63) is 28.5 Å². The molecule has 0 amide bonds. The highest BCUT2D eigenvalue weighted by Crippen LogP contribution is 2.13. The predicted molar refractivity (Wildman–Crippen MR) is 64.6 cm³/mol. The van der Waals surface area contributed by atoms with Crippen LogP contribution in [0.2, 0.25) is 0 Å². The highest BCUT2D eigenvalue weighted by Gasteiger charge is 1.95. The summed E-state index contributed by atoms with van der Waals surface area (Å²) in [5, 5.41) is 0. The fourth-order valence-electron chi connectivity index (χ4n) is 0.974. The van der Waals surface area contributed by atoms with Gasteiger partial charge in [-0.15, -0.1) is 0 Å². The lowest BCUT2D eigenvalue weighted by molar-refractivity contribution is 0.200. The number of hydrogen-bond donors (Lipinski definition) is 0. The lowest BCUT2D eigenvalue weighted by Crippen LogP contribution is -1.92. The van der Waals surface area contributed by atoms with Crippen LogP contribution in [-0.4, -0.2) is 24.5 Å². The number of ether oxygens (including phenoxy) is 1. The highest BCUT2D eigenvalue weighted by molar-refractivity contribution is 9.10. The van der Waals surface area contributed by atoms with Gasteiger partial charge >= 0.3 is 0 Å². The van der Waals surface area contributed by atoms with Crippen molar-refractivity contribution in [2.45, 2.75) is 12.2 Å². The normalized spacial score (nSPS) is 10.4. The minimum atomic E-state index is 0.848. The highest BCUT2D eigenvalue weighted by atomic mass is 79.9. The molecule has 0 aliphatic rings. The second kappa shape index (κ2) is 7.26. The van der Waals surface area contributed by atoms with Crippen molar-refractivity contribution in [3.63, 3.8) is 0 Å². The first-order valence-electron chi connectivity index (χ1n) is 4.50. The summed E-state index contributed by atoms with van der Waals surface area (Å²) < 4.78 is 6.01. The minimum absolute atomic E-state index is 0.848. The van der Waals surface area contributed by atoms with Gasteiger partial charge in [0.15, 0.2) is 0 Å². The minimum Gasteiger partial charge on any atom is -0.385 e. The molecule has 1 rings (SSSR count). The van der Waals surface area contributed by atoms with Crippen LogP contribution in [0.15, 0.2) is 22.8 Å². The van der Waals surface area contributed by atoms with Gasteiger partial charge in [0.2, 0.25) is 0 Å². The van der Waals surface area contributed by atoms with Gasteiger partial charge in [0.1, 0.15) is 0 Å². The van der Waals surface area contributed by atoms with Gasteiger partial charge in [-0.25, -0.2) is 0 Å². The van der Waals surface area contributed by atoms with Gasteiger partial charge in [-0.2, -0.15) is 11.8 Å². The number of pyridine rings is 1. The van der Waals surface area contributed by atoms with E-state index in [9.17, 15) is 0 Å². The fourth-order valence-corrected chi connectivity index (χ4v) is 2.05. The van der Waals surface area contributed by atoms with Gasteiger partial charge in [0.25, 0.3) is 0 Å². The van der Waals surface area contributed by atoms with E-state index in [1.807, 2.05) is 30.1 Å². The van der Waals surface area contributed by atoms with Gasteiger partial charge < -0.3 is 4.74 Å². The molecule has 0 unspecified atom stereocenters. The molecule has 0 spiro atoms. The molecule has 0 saturated carbocycles. The van der Waals surface area contributed by atoms with Crippen molar-refractivity contribution in [1.29, 1.82) is 0 Å². The maximum absolute atomic E-state index is 4.97. The third-order valence-electron chi connectivity index (χ3n) is 1.68. The average molecular weight is 276 g/mol. The molecule has 1 aromatic heterocycles. The number of nitrogens with zero attached hydrogens (tertiary/aromatic N) is 1. The van der Waals surface area contributed by atoms with Crippen LogP contribution in [0.1, 0.15) is 12.1 Å². The van der Waals surface area contributed by atoms with Crippen LogP contribution in [0, 0.1) is 0 Å². The van der Waals surface area contributed by atoms with Crippen molar-refractivity contribution >= 4 is 27.7 Å². The first-order valence-corrected chi connectivity index (χ1v) is 6.45. The summed E-state index contributed by atoms with van der Waals surface area (Å²) in [5.74, 6) is 2.11. The van der Waals surface area contributed by atoms with E-state index >= 15 is 0 Å². The number of methoxy groups -OCH3 is 1. The Balaban J connectivity index is 2.15. The number of halogens is 1. The predicted octanol–water partition coefficient (Wildman–Crippen LogP) is 3.11. The Labute approximate surface area is 97.6 Å². The summed E-state index contributed by atoms with van der Waals surface area (Å²) in [7, 11) is 1.74. The molecule has 78 valence electrons. The van der Waals surface area contributed by atoms with Gasteiger partial charge in [-0.3, -0.25) is 4.98 Å². The molecule has 0 aliphatic carbocycles. The van der Waals surface area contributed by atoms with E-state index in [1.54, 1.807) is 7.11 Å². The molecule has 0 atom stereocenters. The maximum Gasteiger partial charge on any atom is 0.0503 e. The first-order chi connectivity index (χ1) is 6.83. The molecule has 0 radical (unpaired) electrons. The lowest BCUT2D eigenvalue weighted by atomic mass is 10.4. The van der Waals surface area contributed by atoms with Crippen molar-refractivity contribution < 1.29 is 4.74 Å². The molecule has 0 aliphatic heterocycles. The third-order valence-corrected chi connectivity index (χ3v) is 3.22. The second-order valence-electron chi connectivity index (χ2n) is 2.87. The number of aromatic nitrogens is 1. The van der Waals surface area contributed by atoms with Crippen molar-refractivity contribution in [2.75, 3.05) is 19.5 Å². The quantitative estimate of drug-likeness (QED) is 0.745. The summed E-state index contributed by atoms with van der Waals surface area (Å²) >= 11 is 5.26. The van der Waals surface area contributed by atoms with Gasteiger partial charge in [-0.1, -0.05) is 0 Å². The molecular formula is C10H14BrNOS. The summed E-state index contributed by atoms with van der Waals surface area (Å²) in [5.41, 5.74) is 1.13. The zero-order valence-electron chi connectivity index (χ0n) is 8.20. The van der Waals surface area contributed by atoms with Crippen molar-refractivity contribution in [1.82, 2.24) is 4.98 Å². The zero-order valence-corrected chi connectivity index (χ0v) is 10.6. The van der Waals surface area contributed by atoms with Crippen LogP contribution in [0.3, 0.4) is 0 Å². The Morgan fingerprint density at radius 3 is 3.00 bits per heavy atom. The fraction of sp³-hybridized carbons (Fsp3) is 0.500. The number of hydrogen-bond acceptors (Lipinski definition) is 3. The Morgan fingerprint density at radius 1 is 1.50 bits per heavy atom. The van der Waals surface area contributed by atoms with E-state index in [-0.39, 0.29) is 0 Å². The Morgan fingerprint density at radius 2 is 2.36 bits per heavy atom.